The highest BCUT2D eigenvalue weighted by atomic mass is 32.2. The smallest absolute Gasteiger partial charge is 0.223 e. The number of hydrogen-bond acceptors (Lipinski definition) is 3. The molecule has 2 rings (SSSR count). The van der Waals surface area contributed by atoms with Gasteiger partial charge in [-0.2, -0.15) is 0 Å². The Bertz CT molecular complexity index is 386. The van der Waals surface area contributed by atoms with E-state index in [0.717, 1.165) is 25.7 Å². The van der Waals surface area contributed by atoms with Crippen molar-refractivity contribution in [1.29, 1.82) is 0 Å². The molecule has 0 heterocycles. The van der Waals surface area contributed by atoms with Crippen LogP contribution in [0.25, 0.3) is 0 Å². The molecule has 2 saturated carbocycles. The lowest BCUT2D eigenvalue weighted by Gasteiger charge is -2.25. The van der Waals surface area contributed by atoms with Crippen molar-refractivity contribution in [1.82, 2.24) is 4.31 Å². The summed E-state index contributed by atoms with van der Waals surface area (Å²) in [6, 6.07) is 0. The highest BCUT2D eigenvalue weighted by Crippen LogP contribution is 2.35. The zero-order valence-corrected chi connectivity index (χ0v) is 11.8. The van der Waals surface area contributed by atoms with Gasteiger partial charge in [-0.25, -0.2) is 12.7 Å². The number of hydrogen-bond donors (Lipinski definition) is 1. The molecule has 0 saturated heterocycles. The van der Waals surface area contributed by atoms with Crippen molar-refractivity contribution < 1.29 is 8.42 Å². The Balaban J connectivity index is 2.07. The quantitative estimate of drug-likeness (QED) is 0.708. The monoisotopic (exact) mass is 276 g/mol. The van der Waals surface area contributed by atoms with Crippen molar-refractivity contribution >= 4 is 27.2 Å². The third-order valence-corrected chi connectivity index (χ3v) is 6.19. The summed E-state index contributed by atoms with van der Waals surface area (Å²) in [7, 11) is -3.34. The number of rotatable bonds is 7. The van der Waals surface area contributed by atoms with Gasteiger partial charge >= 0.3 is 0 Å². The summed E-state index contributed by atoms with van der Waals surface area (Å²) in [6.45, 7) is 2.90. The van der Waals surface area contributed by atoms with Crippen LogP contribution in [0.1, 0.15) is 32.6 Å². The molecule has 2 fully saturated rings. The minimum absolute atomic E-state index is 0.0709. The molecule has 0 spiro atoms. The largest absolute Gasteiger partial charge is 0.392 e. The molecule has 4 nitrogen and oxygen atoms in total. The Morgan fingerprint density at radius 1 is 1.29 bits per heavy atom. The maximum Gasteiger partial charge on any atom is 0.223 e. The Labute approximate surface area is 109 Å². The van der Waals surface area contributed by atoms with E-state index in [1.165, 1.54) is 0 Å². The molecular formula is C11H20N2O2S2. The van der Waals surface area contributed by atoms with Crippen LogP contribution in [0.2, 0.25) is 0 Å². The molecule has 1 atom stereocenters. The first-order valence-corrected chi connectivity index (χ1v) is 8.10. The first kappa shape index (κ1) is 13.2. The lowest BCUT2D eigenvalue weighted by Crippen LogP contribution is -2.44. The topological polar surface area (TPSA) is 63.4 Å². The SMILES string of the molecule is CC(C(N)=S)S(=O)(=O)N(CC1CC1)CC1CC1. The van der Waals surface area contributed by atoms with Crippen LogP contribution in [0, 0.1) is 11.8 Å². The highest BCUT2D eigenvalue weighted by molar-refractivity contribution is 7.92. The average molecular weight is 276 g/mol. The fraction of sp³-hybridized carbons (Fsp3) is 0.909. The van der Waals surface area contributed by atoms with Crippen molar-refractivity contribution in [2.45, 2.75) is 37.9 Å². The third kappa shape index (κ3) is 3.39. The molecule has 17 heavy (non-hydrogen) atoms. The second-order valence-electron chi connectivity index (χ2n) is 5.29. The second-order valence-corrected chi connectivity index (χ2v) is 8.02. The fourth-order valence-corrected chi connectivity index (χ4v) is 3.77. The Kier molecular flexibility index (Phi) is 3.75. The minimum Gasteiger partial charge on any atom is -0.392 e. The van der Waals surface area contributed by atoms with Gasteiger partial charge in [0.05, 0.1) is 4.99 Å². The van der Waals surface area contributed by atoms with E-state index in [2.05, 4.69) is 0 Å². The van der Waals surface area contributed by atoms with Gasteiger partial charge in [0, 0.05) is 13.1 Å². The summed E-state index contributed by atoms with van der Waals surface area (Å²) in [4.78, 5) is 0.0709. The van der Waals surface area contributed by atoms with Crippen molar-refractivity contribution in [3.8, 4) is 0 Å². The maximum atomic E-state index is 12.4. The summed E-state index contributed by atoms with van der Waals surface area (Å²) >= 11 is 4.82. The first-order chi connectivity index (χ1) is 7.91. The van der Waals surface area contributed by atoms with Gasteiger partial charge in [0.25, 0.3) is 0 Å². The normalized spacial score (nSPS) is 22.7. The first-order valence-electron chi connectivity index (χ1n) is 6.19. The van der Waals surface area contributed by atoms with Crippen LogP contribution < -0.4 is 5.73 Å². The van der Waals surface area contributed by atoms with E-state index >= 15 is 0 Å². The van der Waals surface area contributed by atoms with E-state index in [1.54, 1.807) is 11.2 Å². The molecule has 0 aromatic carbocycles. The molecule has 1 unspecified atom stereocenters. The molecule has 98 valence electrons. The molecule has 0 radical (unpaired) electrons. The lowest BCUT2D eigenvalue weighted by atomic mass is 10.4. The van der Waals surface area contributed by atoms with Crippen LogP contribution in [-0.4, -0.2) is 36.1 Å². The van der Waals surface area contributed by atoms with Gasteiger partial charge in [-0.1, -0.05) is 12.2 Å². The van der Waals surface area contributed by atoms with Crippen molar-refractivity contribution in [2.75, 3.05) is 13.1 Å². The molecule has 0 aromatic heterocycles. The van der Waals surface area contributed by atoms with Gasteiger partial charge in [-0.3, -0.25) is 0 Å². The molecular weight excluding hydrogens is 256 g/mol. The standard InChI is InChI=1S/C11H20N2O2S2/c1-8(11(12)16)17(14,15)13(6-9-2-3-9)7-10-4-5-10/h8-10H,2-7H2,1H3,(H2,12,16). The van der Waals surface area contributed by atoms with Crippen molar-refractivity contribution in [3.63, 3.8) is 0 Å². The van der Waals surface area contributed by atoms with Crippen LogP contribution in [0.5, 0.6) is 0 Å². The number of nitrogens with two attached hydrogens (primary N) is 1. The summed E-state index contributed by atoms with van der Waals surface area (Å²) in [5, 5.41) is -0.741. The average Bonchev–Trinajstić information content (AvgIpc) is 3.09. The molecule has 2 N–H and O–H groups in total. The van der Waals surface area contributed by atoms with E-state index in [0.29, 0.717) is 24.9 Å². The summed E-state index contributed by atoms with van der Waals surface area (Å²) in [6.07, 6.45) is 4.60. The van der Waals surface area contributed by atoms with E-state index in [9.17, 15) is 8.42 Å². The molecule has 6 heteroatoms. The third-order valence-electron chi connectivity index (χ3n) is 3.52. The van der Waals surface area contributed by atoms with Crippen LogP contribution in [0.4, 0.5) is 0 Å². The number of nitrogens with zero attached hydrogens (tertiary/aromatic N) is 1. The van der Waals surface area contributed by atoms with E-state index in [-0.39, 0.29) is 4.99 Å². The summed E-state index contributed by atoms with van der Waals surface area (Å²) in [5.41, 5.74) is 5.48. The van der Waals surface area contributed by atoms with Crippen molar-refractivity contribution in [3.05, 3.63) is 0 Å². The lowest BCUT2D eigenvalue weighted by molar-refractivity contribution is 0.381. The molecule has 2 aliphatic carbocycles. The molecule has 0 aliphatic heterocycles. The van der Waals surface area contributed by atoms with Crippen LogP contribution in [0.3, 0.4) is 0 Å². The van der Waals surface area contributed by atoms with Gasteiger partial charge in [-0.05, 0) is 44.4 Å². The van der Waals surface area contributed by atoms with E-state index < -0.39 is 15.3 Å². The fourth-order valence-electron chi connectivity index (χ4n) is 1.83. The highest BCUT2D eigenvalue weighted by Gasteiger charge is 2.38. The van der Waals surface area contributed by atoms with E-state index in [4.69, 9.17) is 18.0 Å². The van der Waals surface area contributed by atoms with Gasteiger partial charge < -0.3 is 5.73 Å². The number of sulfonamides is 1. The number of thiocarbonyl (C=S) groups is 1. The van der Waals surface area contributed by atoms with Crippen molar-refractivity contribution in [2.24, 2.45) is 17.6 Å². The zero-order valence-electron chi connectivity index (χ0n) is 10.1. The van der Waals surface area contributed by atoms with Crippen LogP contribution in [-0.2, 0) is 10.0 Å². The molecule has 0 bridgehead atoms. The Morgan fingerprint density at radius 3 is 2.00 bits per heavy atom. The minimum atomic E-state index is -3.34. The Hall–Kier alpha value is -0.200. The van der Waals surface area contributed by atoms with Crippen LogP contribution >= 0.6 is 12.2 Å². The summed E-state index contributed by atoms with van der Waals surface area (Å²) in [5.74, 6) is 1.11. The predicted octanol–water partition coefficient (Wildman–Crippen LogP) is 1.11. The maximum absolute atomic E-state index is 12.4. The van der Waals surface area contributed by atoms with Gasteiger partial charge in [0.1, 0.15) is 5.25 Å². The van der Waals surface area contributed by atoms with Gasteiger partial charge in [-0.15, -0.1) is 0 Å². The predicted molar refractivity (Wildman–Crippen MR) is 72.2 cm³/mol. The zero-order chi connectivity index (χ0) is 12.6. The molecule has 0 amide bonds. The van der Waals surface area contributed by atoms with Crippen LogP contribution in [0.15, 0.2) is 0 Å². The van der Waals surface area contributed by atoms with Gasteiger partial charge in [0.2, 0.25) is 10.0 Å². The van der Waals surface area contributed by atoms with Gasteiger partial charge in [0.15, 0.2) is 0 Å². The second kappa shape index (κ2) is 4.82. The Morgan fingerprint density at radius 2 is 1.71 bits per heavy atom. The summed E-state index contributed by atoms with van der Waals surface area (Å²) < 4.78 is 26.3. The molecule has 2 aliphatic rings. The molecule has 0 aromatic rings. The van der Waals surface area contributed by atoms with E-state index in [1.807, 2.05) is 0 Å².